The van der Waals surface area contributed by atoms with E-state index < -0.39 is 0 Å². The lowest BCUT2D eigenvalue weighted by Gasteiger charge is -1.87. The van der Waals surface area contributed by atoms with Crippen LogP contribution in [0.15, 0.2) is 5.38 Å². The van der Waals surface area contributed by atoms with E-state index in [9.17, 15) is 4.79 Å². The van der Waals surface area contributed by atoms with Crippen LogP contribution in [0.25, 0.3) is 0 Å². The van der Waals surface area contributed by atoms with Crippen LogP contribution in [0.4, 0.5) is 0 Å². The molecule has 10 heavy (non-hydrogen) atoms. The number of carbonyl (C=O) groups excluding carboxylic acids is 1. The summed E-state index contributed by atoms with van der Waals surface area (Å²) in [7, 11) is 0. The smallest absolute Gasteiger partial charge is 0.158 e. The molecule has 0 aliphatic carbocycles. The van der Waals surface area contributed by atoms with Gasteiger partial charge in [0.1, 0.15) is 5.78 Å². The van der Waals surface area contributed by atoms with Crippen molar-refractivity contribution < 1.29 is 4.79 Å². The van der Waals surface area contributed by atoms with E-state index in [-0.39, 0.29) is 5.78 Å². The number of ketones is 1. The van der Waals surface area contributed by atoms with E-state index in [1.807, 2.05) is 5.38 Å². The Hall–Kier alpha value is -0.480. The highest BCUT2D eigenvalue weighted by Gasteiger charge is 1.97. The third-order valence-electron chi connectivity index (χ3n) is 1.01. The second-order valence-electron chi connectivity index (χ2n) is 2.05. The SMILES string of the molecule is CC(=O)Cc1csc(=S)[nH]1. The second kappa shape index (κ2) is 3.07. The van der Waals surface area contributed by atoms with E-state index in [2.05, 4.69) is 4.98 Å². The molecule has 2 nitrogen and oxygen atoms in total. The Morgan fingerprint density at radius 2 is 2.60 bits per heavy atom. The Kier molecular flexibility index (Phi) is 2.34. The molecule has 0 atom stereocenters. The standard InChI is InChI=1S/C6H7NOS2/c1-4(8)2-5-3-10-6(9)7-5/h3H,2H2,1H3,(H,7,9). The lowest BCUT2D eigenvalue weighted by Crippen LogP contribution is -1.95. The summed E-state index contributed by atoms with van der Waals surface area (Å²) in [4.78, 5) is 13.5. The van der Waals surface area contributed by atoms with E-state index in [1.165, 1.54) is 11.3 Å². The summed E-state index contributed by atoms with van der Waals surface area (Å²) in [5.41, 5.74) is 0.919. The molecule has 0 spiro atoms. The molecule has 1 heterocycles. The fourth-order valence-electron chi connectivity index (χ4n) is 0.669. The highest BCUT2D eigenvalue weighted by atomic mass is 32.1. The van der Waals surface area contributed by atoms with E-state index in [0.29, 0.717) is 6.42 Å². The molecule has 0 saturated heterocycles. The minimum atomic E-state index is 0.157. The molecule has 1 aromatic heterocycles. The normalized spacial score (nSPS) is 9.70. The molecule has 0 unspecified atom stereocenters. The van der Waals surface area contributed by atoms with Gasteiger partial charge in [-0.15, -0.1) is 11.3 Å². The van der Waals surface area contributed by atoms with Crippen molar-refractivity contribution in [3.05, 3.63) is 15.0 Å². The van der Waals surface area contributed by atoms with Gasteiger partial charge in [0.2, 0.25) is 0 Å². The molecule has 0 aliphatic heterocycles. The van der Waals surface area contributed by atoms with Crippen LogP contribution < -0.4 is 0 Å². The van der Waals surface area contributed by atoms with Crippen LogP contribution in [0.1, 0.15) is 12.6 Å². The maximum atomic E-state index is 10.6. The molecule has 4 heteroatoms. The summed E-state index contributed by atoms with van der Waals surface area (Å²) in [6.07, 6.45) is 0.465. The highest BCUT2D eigenvalue weighted by molar-refractivity contribution is 7.73. The molecule has 1 rings (SSSR count). The first-order valence-electron chi connectivity index (χ1n) is 2.84. The fraction of sp³-hybridized carbons (Fsp3) is 0.333. The monoisotopic (exact) mass is 173 g/mol. The average Bonchev–Trinajstić information content (AvgIpc) is 2.13. The summed E-state index contributed by atoms with van der Waals surface area (Å²) in [6.45, 7) is 1.56. The second-order valence-corrected chi connectivity index (χ2v) is 3.60. The van der Waals surface area contributed by atoms with Crippen molar-refractivity contribution in [2.75, 3.05) is 0 Å². The third kappa shape index (κ3) is 2.04. The first-order valence-corrected chi connectivity index (χ1v) is 4.13. The predicted molar refractivity (Wildman–Crippen MR) is 43.9 cm³/mol. The molecule has 1 N–H and O–H groups in total. The maximum Gasteiger partial charge on any atom is 0.158 e. The summed E-state index contributed by atoms with van der Waals surface area (Å²) in [6, 6.07) is 0. The zero-order chi connectivity index (χ0) is 7.56. The number of Topliss-reactive ketones (excluding diaryl/α,β-unsaturated/α-hetero) is 1. The van der Waals surface area contributed by atoms with Gasteiger partial charge in [0.25, 0.3) is 0 Å². The van der Waals surface area contributed by atoms with Crippen molar-refractivity contribution in [2.24, 2.45) is 0 Å². The summed E-state index contributed by atoms with van der Waals surface area (Å²) in [5.74, 6) is 0.157. The maximum absolute atomic E-state index is 10.6. The first kappa shape index (κ1) is 7.63. The van der Waals surface area contributed by atoms with Gasteiger partial charge in [-0.1, -0.05) is 0 Å². The van der Waals surface area contributed by atoms with E-state index in [1.54, 1.807) is 6.92 Å². The molecule has 0 aromatic carbocycles. The number of hydrogen-bond donors (Lipinski definition) is 1. The molecule has 0 saturated carbocycles. The van der Waals surface area contributed by atoms with Gasteiger partial charge >= 0.3 is 0 Å². The summed E-state index contributed by atoms with van der Waals surface area (Å²) >= 11 is 6.29. The van der Waals surface area contributed by atoms with Crippen LogP contribution in [-0.4, -0.2) is 10.8 Å². The number of thiazole rings is 1. The van der Waals surface area contributed by atoms with Gasteiger partial charge in [-0.25, -0.2) is 0 Å². The van der Waals surface area contributed by atoms with Gasteiger partial charge < -0.3 is 4.98 Å². The van der Waals surface area contributed by atoms with Crippen molar-refractivity contribution in [1.82, 2.24) is 4.98 Å². The Labute approximate surface area is 67.9 Å². The van der Waals surface area contributed by atoms with Crippen LogP contribution in [0.3, 0.4) is 0 Å². The molecule has 0 aliphatic rings. The van der Waals surface area contributed by atoms with Gasteiger partial charge in [-0.2, -0.15) is 0 Å². The van der Waals surface area contributed by atoms with Crippen LogP contribution >= 0.6 is 23.6 Å². The van der Waals surface area contributed by atoms with E-state index >= 15 is 0 Å². The molecule has 1 aromatic rings. The summed E-state index contributed by atoms with van der Waals surface area (Å²) in [5, 5.41) is 1.88. The number of H-pyrrole nitrogens is 1. The van der Waals surface area contributed by atoms with Crippen LogP contribution in [-0.2, 0) is 11.2 Å². The summed E-state index contributed by atoms with van der Waals surface area (Å²) < 4.78 is 0.733. The molecular formula is C6H7NOS2. The number of rotatable bonds is 2. The largest absolute Gasteiger partial charge is 0.340 e. The number of nitrogens with one attached hydrogen (secondary N) is 1. The van der Waals surface area contributed by atoms with Crippen molar-refractivity contribution >= 4 is 29.3 Å². The van der Waals surface area contributed by atoms with Crippen molar-refractivity contribution in [3.63, 3.8) is 0 Å². The number of aromatic nitrogens is 1. The quantitative estimate of drug-likeness (QED) is 0.693. The lowest BCUT2D eigenvalue weighted by atomic mass is 10.3. The van der Waals surface area contributed by atoms with Gasteiger partial charge in [0, 0.05) is 17.5 Å². The fourth-order valence-corrected chi connectivity index (χ4v) is 1.53. The van der Waals surface area contributed by atoms with Gasteiger partial charge in [0.05, 0.1) is 0 Å². The predicted octanol–water partition coefficient (Wildman–Crippen LogP) is 1.94. The Morgan fingerprint density at radius 1 is 1.90 bits per heavy atom. The molecule has 0 amide bonds. The zero-order valence-corrected chi connectivity index (χ0v) is 7.14. The van der Waals surface area contributed by atoms with Crippen molar-refractivity contribution in [2.45, 2.75) is 13.3 Å². The van der Waals surface area contributed by atoms with Crippen molar-refractivity contribution in [3.8, 4) is 0 Å². The van der Waals surface area contributed by atoms with Gasteiger partial charge in [-0.05, 0) is 19.1 Å². The number of aromatic amines is 1. The Bertz CT molecular complexity index is 286. The van der Waals surface area contributed by atoms with Crippen LogP contribution in [0.2, 0.25) is 0 Å². The number of carbonyl (C=O) groups is 1. The average molecular weight is 173 g/mol. The van der Waals surface area contributed by atoms with Gasteiger partial charge in [-0.3, -0.25) is 4.79 Å². The molecular weight excluding hydrogens is 166 g/mol. The lowest BCUT2D eigenvalue weighted by molar-refractivity contribution is -0.116. The van der Waals surface area contributed by atoms with Crippen molar-refractivity contribution in [1.29, 1.82) is 0 Å². The highest BCUT2D eigenvalue weighted by Crippen LogP contribution is 2.04. The zero-order valence-electron chi connectivity index (χ0n) is 5.51. The minimum absolute atomic E-state index is 0.157. The molecule has 0 bridgehead atoms. The molecule has 0 fully saturated rings. The topological polar surface area (TPSA) is 32.9 Å². The Balaban J connectivity index is 2.76. The molecule has 0 radical (unpaired) electrons. The van der Waals surface area contributed by atoms with Gasteiger partial charge in [0.15, 0.2) is 3.95 Å². The minimum Gasteiger partial charge on any atom is -0.340 e. The third-order valence-corrected chi connectivity index (χ3v) is 2.12. The number of hydrogen-bond acceptors (Lipinski definition) is 3. The van der Waals surface area contributed by atoms with E-state index in [0.717, 1.165) is 9.65 Å². The van der Waals surface area contributed by atoms with Crippen LogP contribution in [0.5, 0.6) is 0 Å². The molecule has 54 valence electrons. The first-order chi connectivity index (χ1) is 4.68. The van der Waals surface area contributed by atoms with Crippen LogP contribution in [0, 0.1) is 3.95 Å². The van der Waals surface area contributed by atoms with E-state index in [4.69, 9.17) is 12.2 Å². The Morgan fingerprint density at radius 3 is 3.00 bits per heavy atom.